The Morgan fingerprint density at radius 3 is 2.66 bits per heavy atom. The van der Waals surface area contributed by atoms with E-state index in [0.717, 1.165) is 16.9 Å². The molecule has 1 aromatic heterocycles. The monoisotopic (exact) mass is 387 g/mol. The fourth-order valence-electron chi connectivity index (χ4n) is 3.58. The third-order valence-electron chi connectivity index (χ3n) is 5.13. The van der Waals surface area contributed by atoms with E-state index in [1.165, 1.54) is 6.20 Å². The van der Waals surface area contributed by atoms with E-state index in [4.69, 9.17) is 4.74 Å². The number of benzene rings is 2. The standard InChI is InChI=1S/C23H21N3O3/c1-14-4-3-5-16(10-14)22(28)26-23-24-13-19-20(25-23)11-17(12-21(19)27)15-6-8-18(29-2)9-7-15/h3-10,13,17H,11-12H2,1-2H3,(H,24,25,26,28). The van der Waals surface area contributed by atoms with Gasteiger partial charge in [0.15, 0.2) is 5.78 Å². The average molecular weight is 387 g/mol. The van der Waals surface area contributed by atoms with Gasteiger partial charge in [-0.25, -0.2) is 9.97 Å². The molecule has 1 aliphatic rings. The molecular weight excluding hydrogens is 366 g/mol. The molecule has 0 spiro atoms. The number of hydrogen-bond acceptors (Lipinski definition) is 5. The van der Waals surface area contributed by atoms with Gasteiger partial charge in [0.1, 0.15) is 5.75 Å². The number of methoxy groups -OCH3 is 1. The minimum absolute atomic E-state index is 0.0172. The number of carbonyl (C=O) groups excluding carboxylic acids is 2. The lowest BCUT2D eigenvalue weighted by Gasteiger charge is -2.23. The number of anilines is 1. The zero-order valence-electron chi connectivity index (χ0n) is 16.3. The molecule has 1 atom stereocenters. The van der Waals surface area contributed by atoms with E-state index in [0.29, 0.717) is 29.7 Å². The third-order valence-corrected chi connectivity index (χ3v) is 5.13. The molecule has 0 radical (unpaired) electrons. The van der Waals surface area contributed by atoms with Crippen molar-refractivity contribution in [3.05, 3.63) is 82.7 Å². The largest absolute Gasteiger partial charge is 0.497 e. The van der Waals surface area contributed by atoms with Crippen molar-refractivity contribution in [2.24, 2.45) is 0 Å². The molecule has 0 saturated carbocycles. The summed E-state index contributed by atoms with van der Waals surface area (Å²) in [6.07, 6.45) is 2.54. The van der Waals surface area contributed by atoms with Crippen molar-refractivity contribution in [3.63, 3.8) is 0 Å². The fraction of sp³-hybridized carbons (Fsp3) is 0.217. The van der Waals surface area contributed by atoms with Gasteiger partial charge in [-0.05, 0) is 49.1 Å². The van der Waals surface area contributed by atoms with Crippen molar-refractivity contribution >= 4 is 17.6 Å². The minimum Gasteiger partial charge on any atom is -0.497 e. The van der Waals surface area contributed by atoms with Gasteiger partial charge in [0, 0.05) is 18.2 Å². The molecule has 6 heteroatoms. The van der Waals surface area contributed by atoms with Crippen LogP contribution in [0.4, 0.5) is 5.95 Å². The van der Waals surface area contributed by atoms with Crippen LogP contribution in [-0.2, 0) is 6.42 Å². The summed E-state index contributed by atoms with van der Waals surface area (Å²) >= 11 is 0. The van der Waals surface area contributed by atoms with E-state index in [9.17, 15) is 9.59 Å². The van der Waals surface area contributed by atoms with Gasteiger partial charge >= 0.3 is 0 Å². The Labute approximate surface area is 169 Å². The van der Waals surface area contributed by atoms with Crippen LogP contribution in [-0.4, -0.2) is 28.8 Å². The van der Waals surface area contributed by atoms with E-state index in [1.54, 1.807) is 19.2 Å². The van der Waals surface area contributed by atoms with Crippen LogP contribution in [0.25, 0.3) is 0 Å². The van der Waals surface area contributed by atoms with Gasteiger partial charge in [0.25, 0.3) is 5.91 Å². The highest BCUT2D eigenvalue weighted by Gasteiger charge is 2.28. The highest BCUT2D eigenvalue weighted by Crippen LogP contribution is 2.32. The Kier molecular flexibility index (Phi) is 5.08. The molecule has 1 aliphatic carbocycles. The van der Waals surface area contributed by atoms with E-state index in [1.807, 2.05) is 43.3 Å². The summed E-state index contributed by atoms with van der Waals surface area (Å²) in [6, 6.07) is 15.0. The molecule has 2 aromatic carbocycles. The molecule has 0 fully saturated rings. The van der Waals surface area contributed by atoms with Crippen LogP contribution in [0.1, 0.15) is 49.9 Å². The summed E-state index contributed by atoms with van der Waals surface area (Å²) in [5.41, 5.74) is 3.80. The third kappa shape index (κ3) is 4.01. The predicted octanol–water partition coefficient (Wildman–Crippen LogP) is 3.96. The molecular formula is C23H21N3O3. The Morgan fingerprint density at radius 2 is 1.93 bits per heavy atom. The molecule has 1 heterocycles. The molecule has 0 bridgehead atoms. The van der Waals surface area contributed by atoms with Crippen LogP contribution in [0, 0.1) is 6.92 Å². The second-order valence-electron chi connectivity index (χ2n) is 7.18. The normalized spacial score (nSPS) is 15.5. The fourth-order valence-corrected chi connectivity index (χ4v) is 3.58. The Bertz CT molecular complexity index is 1080. The van der Waals surface area contributed by atoms with Crippen LogP contribution in [0.15, 0.2) is 54.7 Å². The molecule has 0 saturated heterocycles. The highest BCUT2D eigenvalue weighted by molar-refractivity contribution is 6.03. The van der Waals surface area contributed by atoms with Gasteiger partial charge in [-0.1, -0.05) is 29.8 Å². The number of nitrogens with one attached hydrogen (secondary N) is 1. The van der Waals surface area contributed by atoms with Crippen LogP contribution in [0.5, 0.6) is 5.75 Å². The number of carbonyl (C=O) groups is 2. The van der Waals surface area contributed by atoms with E-state index in [2.05, 4.69) is 15.3 Å². The van der Waals surface area contributed by atoms with Gasteiger partial charge < -0.3 is 4.74 Å². The van der Waals surface area contributed by atoms with Gasteiger partial charge in [-0.3, -0.25) is 14.9 Å². The van der Waals surface area contributed by atoms with Crippen molar-refractivity contribution in [3.8, 4) is 5.75 Å². The summed E-state index contributed by atoms with van der Waals surface area (Å²) in [7, 11) is 1.62. The molecule has 0 aliphatic heterocycles. The van der Waals surface area contributed by atoms with Gasteiger partial charge in [0.2, 0.25) is 5.95 Å². The summed E-state index contributed by atoms with van der Waals surface area (Å²) in [6.45, 7) is 1.93. The van der Waals surface area contributed by atoms with Crippen LogP contribution < -0.4 is 10.1 Å². The number of rotatable bonds is 4. The number of fused-ring (bicyclic) bond motifs is 1. The number of ketones is 1. The molecule has 4 rings (SSSR count). The number of Topliss-reactive ketones (excluding diaryl/α,β-unsaturated/α-hetero) is 1. The van der Waals surface area contributed by atoms with Crippen molar-refractivity contribution in [1.82, 2.24) is 9.97 Å². The van der Waals surface area contributed by atoms with E-state index >= 15 is 0 Å². The summed E-state index contributed by atoms with van der Waals surface area (Å²) in [4.78, 5) is 33.7. The molecule has 1 amide bonds. The smallest absolute Gasteiger partial charge is 0.258 e. The number of ether oxygens (including phenoxy) is 1. The van der Waals surface area contributed by atoms with Crippen molar-refractivity contribution in [2.45, 2.75) is 25.7 Å². The maximum absolute atomic E-state index is 12.6. The summed E-state index contributed by atoms with van der Waals surface area (Å²) < 4.78 is 5.20. The van der Waals surface area contributed by atoms with Crippen molar-refractivity contribution < 1.29 is 14.3 Å². The summed E-state index contributed by atoms with van der Waals surface area (Å²) in [5, 5.41) is 2.73. The molecule has 146 valence electrons. The molecule has 3 aromatic rings. The number of aromatic nitrogens is 2. The van der Waals surface area contributed by atoms with Crippen molar-refractivity contribution in [2.75, 3.05) is 12.4 Å². The Morgan fingerprint density at radius 1 is 1.14 bits per heavy atom. The number of aryl methyl sites for hydroxylation is 1. The van der Waals surface area contributed by atoms with Gasteiger partial charge in [0.05, 0.1) is 18.4 Å². The second-order valence-corrected chi connectivity index (χ2v) is 7.18. The first-order chi connectivity index (χ1) is 14.0. The first kappa shape index (κ1) is 18.8. The van der Waals surface area contributed by atoms with Crippen molar-refractivity contribution in [1.29, 1.82) is 0 Å². The van der Waals surface area contributed by atoms with E-state index < -0.39 is 0 Å². The Hall–Kier alpha value is -3.54. The minimum atomic E-state index is -0.275. The first-order valence-corrected chi connectivity index (χ1v) is 9.44. The van der Waals surface area contributed by atoms with Gasteiger partial charge in [-0.15, -0.1) is 0 Å². The second kappa shape index (κ2) is 7.83. The van der Waals surface area contributed by atoms with Gasteiger partial charge in [-0.2, -0.15) is 0 Å². The van der Waals surface area contributed by atoms with Crippen LogP contribution in [0.2, 0.25) is 0 Å². The Balaban J connectivity index is 1.56. The first-order valence-electron chi connectivity index (χ1n) is 9.44. The molecule has 6 nitrogen and oxygen atoms in total. The average Bonchev–Trinajstić information content (AvgIpc) is 2.73. The maximum atomic E-state index is 12.6. The highest BCUT2D eigenvalue weighted by atomic mass is 16.5. The quantitative estimate of drug-likeness (QED) is 0.733. The molecule has 29 heavy (non-hydrogen) atoms. The van der Waals surface area contributed by atoms with E-state index in [-0.39, 0.29) is 23.6 Å². The number of hydrogen-bond donors (Lipinski definition) is 1. The lowest BCUT2D eigenvalue weighted by molar-refractivity contribution is 0.0962. The zero-order chi connectivity index (χ0) is 20.4. The maximum Gasteiger partial charge on any atom is 0.258 e. The lowest BCUT2D eigenvalue weighted by Crippen LogP contribution is -2.22. The topological polar surface area (TPSA) is 81.2 Å². The molecule has 1 unspecified atom stereocenters. The lowest BCUT2D eigenvalue weighted by atomic mass is 9.82. The zero-order valence-corrected chi connectivity index (χ0v) is 16.3. The predicted molar refractivity (Wildman–Crippen MR) is 110 cm³/mol. The van der Waals surface area contributed by atoms with Crippen LogP contribution in [0.3, 0.4) is 0 Å². The molecule has 1 N–H and O–H groups in total. The summed E-state index contributed by atoms with van der Waals surface area (Å²) in [5.74, 6) is 0.764. The number of nitrogens with zero attached hydrogens (tertiary/aromatic N) is 2. The SMILES string of the molecule is COc1ccc(C2CC(=O)c3cnc(NC(=O)c4cccc(C)c4)nc3C2)cc1. The van der Waals surface area contributed by atoms with Crippen LogP contribution >= 0.6 is 0 Å². The number of amides is 1.